The third kappa shape index (κ3) is 5.51. The second-order valence-corrected chi connectivity index (χ2v) is 8.36. The van der Waals surface area contributed by atoms with Gasteiger partial charge < -0.3 is 20.1 Å². The Labute approximate surface area is 177 Å². The number of anilines is 3. The van der Waals surface area contributed by atoms with Crippen LogP contribution in [0.3, 0.4) is 0 Å². The monoisotopic (exact) mass is 436 g/mol. The van der Waals surface area contributed by atoms with Crippen LogP contribution in [-0.4, -0.2) is 40.4 Å². The van der Waals surface area contributed by atoms with Crippen molar-refractivity contribution in [3.05, 3.63) is 35.0 Å². The van der Waals surface area contributed by atoms with E-state index in [4.69, 9.17) is 16.1 Å². The number of carbonyl (C=O) groups excluding carboxylic acids is 3. The van der Waals surface area contributed by atoms with Gasteiger partial charge in [0.05, 0.1) is 21.7 Å². The zero-order valence-electron chi connectivity index (χ0n) is 16.0. The first-order valence-corrected chi connectivity index (χ1v) is 10.5. The molecule has 10 heteroatoms. The van der Waals surface area contributed by atoms with Crippen LogP contribution < -0.4 is 15.5 Å². The third-order valence-corrected chi connectivity index (χ3v) is 5.79. The van der Waals surface area contributed by atoms with E-state index in [2.05, 4.69) is 15.8 Å². The summed E-state index contributed by atoms with van der Waals surface area (Å²) in [6, 6.07) is 6.72. The van der Waals surface area contributed by atoms with Gasteiger partial charge in [-0.1, -0.05) is 16.8 Å². The molecule has 0 bridgehead atoms. The number of thioether (sulfide) groups is 1. The topological polar surface area (TPSA) is 105 Å². The van der Waals surface area contributed by atoms with Crippen LogP contribution in [0.4, 0.5) is 17.2 Å². The van der Waals surface area contributed by atoms with Crippen LogP contribution in [-0.2, 0) is 14.4 Å². The Kier molecular flexibility index (Phi) is 6.81. The molecule has 29 heavy (non-hydrogen) atoms. The highest BCUT2D eigenvalue weighted by Gasteiger charge is 2.23. The van der Waals surface area contributed by atoms with Gasteiger partial charge in [-0.25, -0.2) is 0 Å². The van der Waals surface area contributed by atoms with E-state index in [1.807, 2.05) is 0 Å². The molecule has 1 fully saturated rings. The molecule has 0 radical (unpaired) electrons. The molecule has 154 valence electrons. The number of nitrogens with zero attached hydrogens (tertiary/aromatic N) is 2. The van der Waals surface area contributed by atoms with Crippen molar-refractivity contribution in [3.8, 4) is 0 Å². The van der Waals surface area contributed by atoms with Crippen LogP contribution in [0.25, 0.3) is 0 Å². The summed E-state index contributed by atoms with van der Waals surface area (Å²) in [4.78, 5) is 38.1. The van der Waals surface area contributed by atoms with E-state index in [1.165, 1.54) is 11.8 Å². The molecule has 1 atom stereocenters. The Hall–Kier alpha value is -2.52. The maximum Gasteiger partial charge on any atom is 0.238 e. The molecule has 1 saturated heterocycles. The quantitative estimate of drug-likeness (QED) is 0.688. The average Bonchev–Trinajstić information content (AvgIpc) is 3.29. The molecule has 1 aromatic carbocycles. The predicted octanol–water partition coefficient (Wildman–Crippen LogP) is 3.46. The van der Waals surface area contributed by atoms with Gasteiger partial charge in [0.15, 0.2) is 5.82 Å². The molecule has 2 heterocycles. The van der Waals surface area contributed by atoms with Gasteiger partial charge in [-0.15, -0.1) is 11.8 Å². The van der Waals surface area contributed by atoms with Gasteiger partial charge in [0.25, 0.3) is 0 Å². The smallest absolute Gasteiger partial charge is 0.238 e. The number of rotatable bonds is 7. The first-order chi connectivity index (χ1) is 13.8. The molecule has 8 nitrogen and oxygen atoms in total. The summed E-state index contributed by atoms with van der Waals surface area (Å²) < 4.78 is 4.90. The fourth-order valence-corrected chi connectivity index (χ4v) is 3.66. The fourth-order valence-electron chi connectivity index (χ4n) is 2.81. The molecular formula is C19H21ClN4O4S. The van der Waals surface area contributed by atoms with Crippen LogP contribution in [0, 0.1) is 6.92 Å². The maximum absolute atomic E-state index is 12.3. The predicted molar refractivity (Wildman–Crippen MR) is 113 cm³/mol. The summed E-state index contributed by atoms with van der Waals surface area (Å²) >= 11 is 7.37. The maximum atomic E-state index is 12.3. The number of halogens is 1. The summed E-state index contributed by atoms with van der Waals surface area (Å²) in [6.07, 6.45) is 1.34. The molecule has 0 saturated carbocycles. The molecule has 1 unspecified atom stereocenters. The SMILES string of the molecule is Cc1cc(NC(=O)C(C)SCC(=O)Nc2cc(N3CCCC3=O)ccc2Cl)no1. The summed E-state index contributed by atoms with van der Waals surface area (Å²) in [5, 5.41) is 9.00. The normalized spacial score (nSPS) is 14.7. The first-order valence-electron chi connectivity index (χ1n) is 9.09. The van der Waals surface area contributed by atoms with E-state index in [0.717, 1.165) is 6.42 Å². The lowest BCUT2D eigenvalue weighted by Crippen LogP contribution is -2.25. The lowest BCUT2D eigenvalue weighted by molar-refractivity contribution is -0.117. The molecule has 3 amide bonds. The molecule has 0 aliphatic carbocycles. The molecule has 0 spiro atoms. The molecule has 2 N–H and O–H groups in total. The largest absolute Gasteiger partial charge is 0.360 e. The minimum absolute atomic E-state index is 0.0577. The van der Waals surface area contributed by atoms with Gasteiger partial charge in [0.1, 0.15) is 5.76 Å². The van der Waals surface area contributed by atoms with Gasteiger partial charge in [-0.05, 0) is 38.5 Å². The number of nitrogens with one attached hydrogen (secondary N) is 2. The van der Waals surface area contributed by atoms with Crippen LogP contribution in [0.1, 0.15) is 25.5 Å². The molecule has 1 aromatic heterocycles. The van der Waals surface area contributed by atoms with Crippen molar-refractivity contribution in [1.82, 2.24) is 5.16 Å². The fraction of sp³-hybridized carbons (Fsp3) is 0.368. The highest BCUT2D eigenvalue weighted by atomic mass is 35.5. The number of amides is 3. The van der Waals surface area contributed by atoms with E-state index in [1.54, 1.807) is 43.0 Å². The van der Waals surface area contributed by atoms with Crippen molar-refractivity contribution in [1.29, 1.82) is 0 Å². The first kappa shape index (κ1) is 21.2. The highest BCUT2D eigenvalue weighted by Crippen LogP contribution is 2.30. The van der Waals surface area contributed by atoms with E-state index in [-0.39, 0.29) is 23.5 Å². The van der Waals surface area contributed by atoms with Gasteiger partial charge in [-0.3, -0.25) is 14.4 Å². The van der Waals surface area contributed by atoms with Gasteiger partial charge in [-0.2, -0.15) is 0 Å². The van der Waals surface area contributed by atoms with Gasteiger partial charge in [0.2, 0.25) is 17.7 Å². The van der Waals surface area contributed by atoms with Gasteiger partial charge >= 0.3 is 0 Å². The van der Waals surface area contributed by atoms with E-state index in [9.17, 15) is 14.4 Å². The van der Waals surface area contributed by atoms with Crippen LogP contribution in [0.15, 0.2) is 28.8 Å². The number of aryl methyl sites for hydroxylation is 1. The summed E-state index contributed by atoms with van der Waals surface area (Å²) in [5.74, 6) is 0.485. The van der Waals surface area contributed by atoms with Gasteiger partial charge in [0, 0.05) is 24.7 Å². The van der Waals surface area contributed by atoms with Crippen molar-refractivity contribution in [2.45, 2.75) is 31.9 Å². The second-order valence-electron chi connectivity index (χ2n) is 6.63. The minimum Gasteiger partial charge on any atom is -0.360 e. The minimum atomic E-state index is -0.471. The lowest BCUT2D eigenvalue weighted by Gasteiger charge is -2.18. The molecule has 1 aliphatic heterocycles. The third-order valence-electron chi connectivity index (χ3n) is 4.32. The highest BCUT2D eigenvalue weighted by molar-refractivity contribution is 8.01. The lowest BCUT2D eigenvalue weighted by atomic mass is 10.2. The summed E-state index contributed by atoms with van der Waals surface area (Å²) in [6.45, 7) is 4.08. The van der Waals surface area contributed by atoms with Crippen LogP contribution in [0.5, 0.6) is 0 Å². The molecular weight excluding hydrogens is 416 g/mol. The standard InChI is InChI=1S/C19H21ClN4O4S/c1-11-8-16(23-28-11)22-19(27)12(2)29-10-17(25)21-15-9-13(5-6-14(15)20)24-7-3-4-18(24)26/h5-6,8-9,12H,3-4,7,10H2,1-2H3,(H,21,25)(H,22,23,27). The number of hydrogen-bond acceptors (Lipinski definition) is 6. The van der Waals surface area contributed by atoms with Crippen LogP contribution in [0.2, 0.25) is 5.02 Å². The van der Waals surface area contributed by atoms with E-state index < -0.39 is 5.25 Å². The zero-order chi connectivity index (χ0) is 21.0. The summed E-state index contributed by atoms with van der Waals surface area (Å²) in [7, 11) is 0. The Morgan fingerprint density at radius 2 is 2.14 bits per heavy atom. The number of hydrogen-bond donors (Lipinski definition) is 2. The summed E-state index contributed by atoms with van der Waals surface area (Å²) in [5.41, 5.74) is 1.14. The number of aromatic nitrogens is 1. The zero-order valence-corrected chi connectivity index (χ0v) is 17.6. The molecule has 1 aliphatic rings. The average molecular weight is 437 g/mol. The number of carbonyl (C=O) groups is 3. The Morgan fingerprint density at radius 3 is 2.79 bits per heavy atom. The van der Waals surface area contributed by atoms with Crippen molar-refractivity contribution < 1.29 is 18.9 Å². The molecule has 2 aromatic rings. The van der Waals surface area contributed by atoms with Crippen molar-refractivity contribution in [2.75, 3.05) is 27.8 Å². The van der Waals surface area contributed by atoms with Crippen molar-refractivity contribution in [2.24, 2.45) is 0 Å². The van der Waals surface area contributed by atoms with Crippen LogP contribution >= 0.6 is 23.4 Å². The van der Waals surface area contributed by atoms with E-state index in [0.29, 0.717) is 40.9 Å². The number of benzene rings is 1. The Morgan fingerprint density at radius 1 is 1.34 bits per heavy atom. The Balaban J connectivity index is 1.53. The molecule has 3 rings (SSSR count). The van der Waals surface area contributed by atoms with E-state index >= 15 is 0 Å². The van der Waals surface area contributed by atoms with Crippen molar-refractivity contribution >= 4 is 58.3 Å². The Bertz CT molecular complexity index is 933. The van der Waals surface area contributed by atoms with Crippen molar-refractivity contribution in [3.63, 3.8) is 0 Å². The second kappa shape index (κ2) is 9.32.